The Morgan fingerprint density at radius 3 is 2.12 bits per heavy atom. The molecule has 0 unspecified atom stereocenters. The summed E-state index contributed by atoms with van der Waals surface area (Å²) in [5.74, 6) is 0.315. The lowest BCUT2D eigenvalue weighted by Gasteiger charge is -2.14. The third kappa shape index (κ3) is 5.23. The van der Waals surface area contributed by atoms with Crippen LogP contribution < -0.4 is 0 Å². The normalized spacial score (nSPS) is 12.8. The molecule has 0 saturated heterocycles. The maximum atomic E-state index is 9.49. The molecule has 0 radical (unpaired) electrons. The first-order valence-electron chi connectivity index (χ1n) is 9.26. The zero-order valence-corrected chi connectivity index (χ0v) is 16.6. The van der Waals surface area contributed by atoms with Crippen LogP contribution in [0.2, 0.25) is 0 Å². The van der Waals surface area contributed by atoms with Crippen molar-refractivity contribution < 1.29 is 5.11 Å². The molecule has 0 amide bonds. The largest absolute Gasteiger partial charge is 0.508 e. The van der Waals surface area contributed by atoms with Crippen LogP contribution in [-0.4, -0.2) is 5.11 Å². The molecule has 0 aliphatic heterocycles. The van der Waals surface area contributed by atoms with E-state index in [1.54, 1.807) is 12.1 Å². The van der Waals surface area contributed by atoms with Crippen LogP contribution in [-0.2, 0) is 12.8 Å². The maximum Gasteiger partial charge on any atom is 0.115 e. The lowest BCUT2D eigenvalue weighted by atomic mass is 9.91. The summed E-state index contributed by atoms with van der Waals surface area (Å²) in [4.78, 5) is 0. The van der Waals surface area contributed by atoms with Crippen molar-refractivity contribution in [2.45, 2.75) is 47.5 Å². The fraction of sp³-hybridized carbons (Fsp3) is 0.280. The highest BCUT2D eigenvalue weighted by molar-refractivity contribution is 5.44. The van der Waals surface area contributed by atoms with Gasteiger partial charge < -0.3 is 5.11 Å². The first-order valence-corrected chi connectivity index (χ1v) is 9.26. The van der Waals surface area contributed by atoms with Crippen molar-refractivity contribution in [2.75, 3.05) is 0 Å². The number of allylic oxidation sites excluding steroid dienone is 6. The van der Waals surface area contributed by atoms with Crippen molar-refractivity contribution in [2.24, 2.45) is 0 Å². The molecule has 136 valence electrons. The van der Waals surface area contributed by atoms with Crippen LogP contribution in [0, 0.1) is 13.8 Å². The Morgan fingerprint density at radius 1 is 0.885 bits per heavy atom. The van der Waals surface area contributed by atoms with Crippen LogP contribution in [0.4, 0.5) is 0 Å². The average Bonchev–Trinajstić information content (AvgIpc) is 2.60. The van der Waals surface area contributed by atoms with Crippen LogP contribution in [0.5, 0.6) is 5.75 Å². The number of hydrogen-bond donors (Lipinski definition) is 1. The molecule has 0 aliphatic rings. The summed E-state index contributed by atoms with van der Waals surface area (Å²) in [6.07, 6.45) is 10.4. The standard InChI is InChI=1S/C25H30O/c1-6-8-18(3)22(9-7-2)16-24-17-23(19(4)14-20(24)5)15-21-10-12-25(26)13-11-21/h6-14,17,26H,15-16H2,1-5H3/b8-6+,9-7+,22-18+. The molecule has 0 heterocycles. The van der Waals surface area contributed by atoms with Gasteiger partial charge in [-0.05, 0) is 98.6 Å². The van der Waals surface area contributed by atoms with Crippen molar-refractivity contribution in [3.63, 3.8) is 0 Å². The topological polar surface area (TPSA) is 20.2 Å². The van der Waals surface area contributed by atoms with Crippen LogP contribution in [0.15, 0.2) is 71.8 Å². The van der Waals surface area contributed by atoms with E-state index in [1.807, 2.05) is 12.1 Å². The van der Waals surface area contributed by atoms with Gasteiger partial charge in [-0.1, -0.05) is 48.6 Å². The molecule has 1 nitrogen and oxygen atoms in total. The Kier molecular flexibility index (Phi) is 7.03. The number of benzene rings is 2. The second kappa shape index (κ2) is 9.24. The van der Waals surface area contributed by atoms with Gasteiger partial charge in [-0.3, -0.25) is 0 Å². The Bertz CT molecular complexity index is 833. The molecule has 0 spiro atoms. The smallest absolute Gasteiger partial charge is 0.115 e. The fourth-order valence-corrected chi connectivity index (χ4v) is 3.26. The Balaban J connectivity index is 2.37. The molecule has 0 atom stereocenters. The van der Waals surface area contributed by atoms with E-state index in [9.17, 15) is 5.11 Å². The van der Waals surface area contributed by atoms with Crippen LogP contribution in [0.1, 0.15) is 48.6 Å². The van der Waals surface area contributed by atoms with E-state index >= 15 is 0 Å². The van der Waals surface area contributed by atoms with E-state index in [4.69, 9.17) is 0 Å². The second-order valence-electron chi connectivity index (χ2n) is 6.93. The summed E-state index contributed by atoms with van der Waals surface area (Å²) in [7, 11) is 0. The number of aryl methyl sites for hydroxylation is 2. The predicted molar refractivity (Wildman–Crippen MR) is 113 cm³/mol. The third-order valence-corrected chi connectivity index (χ3v) is 4.80. The molecule has 26 heavy (non-hydrogen) atoms. The maximum absolute atomic E-state index is 9.49. The van der Waals surface area contributed by atoms with Gasteiger partial charge >= 0.3 is 0 Å². The monoisotopic (exact) mass is 346 g/mol. The molecule has 0 aromatic heterocycles. The van der Waals surface area contributed by atoms with Gasteiger partial charge in [0.15, 0.2) is 0 Å². The van der Waals surface area contributed by atoms with Gasteiger partial charge in [-0.15, -0.1) is 0 Å². The summed E-state index contributed by atoms with van der Waals surface area (Å²) in [6, 6.07) is 12.2. The van der Waals surface area contributed by atoms with Gasteiger partial charge in [-0.25, -0.2) is 0 Å². The van der Waals surface area contributed by atoms with Gasteiger partial charge in [0.1, 0.15) is 5.75 Å². The average molecular weight is 347 g/mol. The lowest BCUT2D eigenvalue weighted by molar-refractivity contribution is 0.475. The quantitative estimate of drug-likeness (QED) is 0.583. The van der Waals surface area contributed by atoms with E-state index < -0.39 is 0 Å². The van der Waals surface area contributed by atoms with Crippen LogP contribution >= 0.6 is 0 Å². The zero-order chi connectivity index (χ0) is 19.1. The number of rotatable bonds is 6. The van der Waals surface area contributed by atoms with Gasteiger partial charge in [0.05, 0.1) is 0 Å². The van der Waals surface area contributed by atoms with E-state index in [0.717, 1.165) is 12.8 Å². The molecule has 2 rings (SSSR count). The summed E-state index contributed by atoms with van der Waals surface area (Å²) in [6.45, 7) is 10.7. The van der Waals surface area contributed by atoms with Crippen molar-refractivity contribution in [3.8, 4) is 5.75 Å². The highest BCUT2D eigenvalue weighted by Gasteiger charge is 2.08. The zero-order valence-electron chi connectivity index (χ0n) is 16.6. The summed E-state index contributed by atoms with van der Waals surface area (Å²) in [5, 5.41) is 9.49. The van der Waals surface area contributed by atoms with E-state index in [2.05, 4.69) is 71.1 Å². The highest BCUT2D eigenvalue weighted by atomic mass is 16.3. The minimum absolute atomic E-state index is 0.315. The molecule has 0 saturated carbocycles. The molecular formula is C25H30O. The van der Waals surface area contributed by atoms with Crippen molar-refractivity contribution in [3.05, 3.63) is 99.7 Å². The first-order chi connectivity index (χ1) is 12.4. The molecular weight excluding hydrogens is 316 g/mol. The number of hydrogen-bond acceptors (Lipinski definition) is 1. The number of phenolic OH excluding ortho intramolecular Hbond substituents is 1. The Hall–Kier alpha value is -2.54. The minimum Gasteiger partial charge on any atom is -0.508 e. The molecule has 0 fully saturated rings. The van der Waals surface area contributed by atoms with Gasteiger partial charge in [-0.2, -0.15) is 0 Å². The SMILES string of the molecule is C/C=C/C(C)=C(\C=C\C)Cc1cc(Cc2ccc(O)cc2)c(C)cc1C. The highest BCUT2D eigenvalue weighted by Crippen LogP contribution is 2.24. The van der Waals surface area contributed by atoms with E-state index in [0.29, 0.717) is 5.75 Å². The van der Waals surface area contributed by atoms with Gasteiger partial charge in [0.25, 0.3) is 0 Å². The van der Waals surface area contributed by atoms with Gasteiger partial charge in [0, 0.05) is 0 Å². The van der Waals surface area contributed by atoms with Crippen molar-refractivity contribution >= 4 is 0 Å². The third-order valence-electron chi connectivity index (χ3n) is 4.80. The molecule has 2 aromatic rings. The summed E-state index contributed by atoms with van der Waals surface area (Å²) < 4.78 is 0. The van der Waals surface area contributed by atoms with E-state index in [-0.39, 0.29) is 0 Å². The lowest BCUT2D eigenvalue weighted by Crippen LogP contribution is -2.00. The van der Waals surface area contributed by atoms with Crippen molar-refractivity contribution in [1.82, 2.24) is 0 Å². The van der Waals surface area contributed by atoms with Crippen LogP contribution in [0.3, 0.4) is 0 Å². The Morgan fingerprint density at radius 2 is 1.50 bits per heavy atom. The molecule has 2 aromatic carbocycles. The fourth-order valence-electron chi connectivity index (χ4n) is 3.26. The van der Waals surface area contributed by atoms with Gasteiger partial charge in [0.2, 0.25) is 0 Å². The minimum atomic E-state index is 0.315. The number of phenols is 1. The molecule has 0 bridgehead atoms. The molecule has 1 N–H and O–H groups in total. The second-order valence-corrected chi connectivity index (χ2v) is 6.93. The summed E-state index contributed by atoms with van der Waals surface area (Å²) >= 11 is 0. The number of aromatic hydroxyl groups is 1. The predicted octanol–water partition coefficient (Wildman–Crippen LogP) is 6.61. The Labute approximate surface area is 158 Å². The first kappa shape index (κ1) is 19.8. The van der Waals surface area contributed by atoms with Crippen LogP contribution in [0.25, 0.3) is 0 Å². The molecule has 1 heteroatoms. The van der Waals surface area contributed by atoms with E-state index in [1.165, 1.54) is 39.0 Å². The van der Waals surface area contributed by atoms with Crippen molar-refractivity contribution in [1.29, 1.82) is 0 Å². The summed E-state index contributed by atoms with van der Waals surface area (Å²) in [5.41, 5.74) is 9.27. The molecule has 0 aliphatic carbocycles.